The van der Waals surface area contributed by atoms with Gasteiger partial charge in [0.05, 0.1) is 171 Å². The van der Waals surface area contributed by atoms with Crippen molar-refractivity contribution in [3.8, 4) is 33.8 Å². The van der Waals surface area contributed by atoms with Gasteiger partial charge in [0.15, 0.2) is 0 Å². The first kappa shape index (κ1) is 123. The van der Waals surface area contributed by atoms with E-state index in [-0.39, 0.29) is 81.1 Å². The van der Waals surface area contributed by atoms with E-state index in [1.165, 1.54) is 55.3 Å². The number of rotatable bonds is 10. The van der Waals surface area contributed by atoms with Crippen LogP contribution in [0.15, 0.2) is 141 Å². The normalized spacial score (nSPS) is 14.8. The van der Waals surface area contributed by atoms with Crippen LogP contribution in [-0.2, 0) is 104 Å². The van der Waals surface area contributed by atoms with Gasteiger partial charge >= 0.3 is 68.3 Å². The van der Waals surface area contributed by atoms with Crippen molar-refractivity contribution in [2.24, 2.45) is 0 Å². The Kier molecular flexibility index (Phi) is 45.1. The summed E-state index contributed by atoms with van der Waals surface area (Å²) in [5, 5.41) is 37.7. The Morgan fingerprint density at radius 2 is 0.918 bits per heavy atom. The molecular formula is C100H132B2Cl4F5IMgN21O12. The second-order valence-electron chi connectivity index (χ2n) is 39.8. The van der Waals surface area contributed by atoms with Crippen molar-refractivity contribution in [3.05, 3.63) is 228 Å². The number of carbonyl (C=O) groups is 4. The van der Waals surface area contributed by atoms with Crippen LogP contribution in [0, 0.1) is 42.4 Å². The van der Waals surface area contributed by atoms with Gasteiger partial charge < -0.3 is 92.7 Å². The summed E-state index contributed by atoms with van der Waals surface area (Å²) in [4.78, 5) is 72.8. The number of nitrogens with one attached hydrogen (secondary N) is 2. The Morgan fingerprint density at radius 3 is 1.32 bits per heavy atom. The summed E-state index contributed by atoms with van der Waals surface area (Å²) in [6.07, 6.45) is 12.5. The molecule has 46 heteroatoms. The first-order valence-electron chi connectivity index (χ1n) is 46.9. The maximum atomic E-state index is 13.3. The monoisotopic (exact) mass is 2230 g/mol. The number of nitrogens with two attached hydrogens (primary N) is 1. The number of carbonyl (C=O) groups excluding carboxylic acids is 4. The number of amides is 5. The maximum Gasteiger partial charge on any atom is 2.00 e. The van der Waals surface area contributed by atoms with Crippen molar-refractivity contribution in [1.29, 1.82) is 0 Å². The standard InChI is InChI=1S/C19H17ClFN5O.C17H28BN3O4.C17H22N4O2.C12H14N4.C11H16IN3O2.C9H20BO3.C6H3ClF3N.C6H5ClFN.C3H7.ClH.Mg/c1-12-4-5-22-17(8-12)14-10-23-26-7-6-25(11-18(14)26)19(27)24-13-2-3-16(21)15(20)9-13;1-15(2,3)23-14(22)20-8-9-21-13(11-20)12(10-19-21)18-24-16(4,5)17(6,7)25-18;1-12-5-6-18-14(9-12)13-10-19-21-8-7-20(11-15(13)21)16(22)23-17(2,3)4;1-9-2-3-14-11(6-9)10-7-15-16-5-4-13-8-12(10)16;1-11(2,3)17-10(16)14-4-5-15-9(7-14)8(12)6-13-15;1-7(2)12-10-13-9(5,6)8(3,4)11;7-5-3-4(1-2-11-5)6(8,9)10;7-5-3-4(9)1-2-6(5)8;1-3-2;;/h2-5,8-10H,6-7,11H2,1H3,(H,24,27);10H,8-9,11H2,1-7H3;5-6,9-10H,7-8,11H2,1-4H3;2-3,6-7,13H,4-5,8H2,1H3;6H,4-5,7H2,1-3H3;7,11H,1-6H3;1-3H;1-3H,9H2;3H,1-2H3;1H;/q;;;;;;;;-1;;+2/p-1. The number of nitrogen functional groups attached to an aromatic ring is 1. The fraction of sp³-hybridized carbons (Fsp3) is 0.480. The molecule has 146 heavy (non-hydrogen) atoms. The number of nitrogens with zero attached hydrogens (tertiary/aromatic N) is 18. The maximum absolute atomic E-state index is 13.3. The predicted molar refractivity (Wildman–Crippen MR) is 561 cm³/mol. The molecule has 5 N–H and O–H groups in total. The number of alkyl halides is 3. The second-order valence-corrected chi connectivity index (χ2v) is 42.2. The first-order valence-corrected chi connectivity index (χ1v) is 49.1. The van der Waals surface area contributed by atoms with Crippen molar-refractivity contribution in [3.63, 3.8) is 0 Å². The molecular weight excluding hydrogens is 2100 g/mol. The number of anilines is 2. The van der Waals surface area contributed by atoms with E-state index < -0.39 is 69.7 Å². The van der Waals surface area contributed by atoms with Gasteiger partial charge in [0, 0.05) is 110 Å². The Labute approximate surface area is 903 Å². The number of aliphatic hydroxyl groups is 1. The van der Waals surface area contributed by atoms with Crippen molar-refractivity contribution in [2.45, 2.75) is 283 Å². The molecule has 17 rings (SSSR count). The van der Waals surface area contributed by atoms with Crippen molar-refractivity contribution in [1.82, 2.24) is 93.8 Å². The van der Waals surface area contributed by atoms with Gasteiger partial charge in [-0.3, -0.25) is 38.4 Å². The third-order valence-corrected chi connectivity index (χ3v) is 24.5. The molecule has 6 aliphatic rings. The Morgan fingerprint density at radius 1 is 0.534 bits per heavy atom. The molecule has 1 fully saturated rings. The van der Waals surface area contributed by atoms with Gasteiger partial charge in [0.2, 0.25) is 0 Å². The molecule has 5 amide bonds. The van der Waals surface area contributed by atoms with Crippen molar-refractivity contribution in [2.75, 3.05) is 43.8 Å². The summed E-state index contributed by atoms with van der Waals surface area (Å²) >= 11 is 18.6. The van der Waals surface area contributed by atoms with E-state index in [1.807, 2.05) is 226 Å². The minimum Gasteiger partial charge on any atom is -1.00 e. The molecule has 33 nitrogen and oxygen atoms in total. The quantitative estimate of drug-likeness (QED) is 0.0188. The zero-order chi connectivity index (χ0) is 107. The summed E-state index contributed by atoms with van der Waals surface area (Å²) < 4.78 is 111. The predicted octanol–water partition coefficient (Wildman–Crippen LogP) is 16.8. The number of benzene rings is 2. The number of halogens is 10. The molecule has 0 spiro atoms. The average Bonchev–Trinajstić information content (AvgIpc) is 1.60. The van der Waals surface area contributed by atoms with Crippen molar-refractivity contribution < 1.29 is 91.5 Å². The minimum absolute atomic E-state index is 0. The van der Waals surface area contributed by atoms with E-state index in [9.17, 15) is 46.2 Å². The number of fused-ring (bicyclic) bond motifs is 5. The summed E-state index contributed by atoms with van der Waals surface area (Å²) in [7, 11) is 0.815. The van der Waals surface area contributed by atoms with E-state index in [2.05, 4.69) is 96.3 Å². The number of pyridine rings is 4. The van der Waals surface area contributed by atoms with Gasteiger partial charge in [0.1, 0.15) is 33.6 Å². The SMILES string of the molecule is CC(C)(C)OC(=O)N1CCn2ncc(B3OC(C)(C)C(C)(C)O3)c2C1.CC(C)(C)OC(=O)N1CCn2ncc(I)c2C1.CC(C)O[B]OC(C)(C)C(C)(C)O.C[CH-]C.Cc1ccnc(-c2cnn3c2CN(C(=O)Nc2ccc(F)c(Cl)c2)CC3)c1.Cc1ccnc(-c2cnn3c2CN(C(=O)OC(C)(C)C)CC3)c1.Cc1ccnc(-c2cnn3c2CNCC3)c1.FC(F)(F)c1ccnc(Cl)c1.Nc1ccc(F)c(Cl)c1.[Cl-].[Mg+2]. The summed E-state index contributed by atoms with van der Waals surface area (Å²) in [6, 6.07) is 21.6. The first-order chi connectivity index (χ1) is 67.2. The van der Waals surface area contributed by atoms with Gasteiger partial charge in [-0.25, -0.2) is 32.9 Å². The van der Waals surface area contributed by atoms with Gasteiger partial charge in [-0.05, 0) is 277 Å². The third-order valence-electron chi connectivity index (χ3n) is 22.8. The molecule has 15 heterocycles. The van der Waals surface area contributed by atoms with Crippen LogP contribution >= 0.6 is 57.4 Å². The molecule has 0 atom stereocenters. The Balaban J connectivity index is 0.000000229. The van der Waals surface area contributed by atoms with E-state index in [1.54, 1.807) is 58.2 Å². The molecule has 9 aromatic heterocycles. The molecule has 0 unspecified atom stereocenters. The van der Waals surface area contributed by atoms with Crippen LogP contribution in [0.2, 0.25) is 15.2 Å². The molecule has 11 aromatic rings. The van der Waals surface area contributed by atoms with E-state index >= 15 is 0 Å². The zero-order valence-corrected chi connectivity index (χ0v) is 93.8. The molecule has 6 aliphatic heterocycles. The van der Waals surface area contributed by atoms with E-state index in [0.29, 0.717) is 83.4 Å². The summed E-state index contributed by atoms with van der Waals surface area (Å²) in [5.41, 5.74) is 17.0. The van der Waals surface area contributed by atoms with E-state index in [4.69, 9.17) is 73.4 Å². The molecule has 0 saturated carbocycles. The van der Waals surface area contributed by atoms with Crippen LogP contribution in [0.5, 0.6) is 0 Å². The van der Waals surface area contributed by atoms with E-state index in [0.717, 1.165) is 121 Å². The van der Waals surface area contributed by atoms with Crippen LogP contribution in [0.4, 0.5) is 52.5 Å². The Bertz CT molecular complexity index is 6130. The third kappa shape index (κ3) is 36.3. The van der Waals surface area contributed by atoms with Crippen molar-refractivity contribution >= 4 is 136 Å². The number of hydrogen-bond acceptors (Lipinski definition) is 23. The molecule has 0 aliphatic carbocycles. The number of ether oxygens (including phenoxy) is 3. The number of urea groups is 1. The molecule has 1 radical (unpaired) electrons. The zero-order valence-electron chi connectivity index (χ0n) is 87.2. The smallest absolute Gasteiger partial charge is 1.00 e. The average molecular weight is 2230 g/mol. The minimum atomic E-state index is -4.34. The summed E-state index contributed by atoms with van der Waals surface area (Å²) in [6.45, 7) is 55.7. The summed E-state index contributed by atoms with van der Waals surface area (Å²) in [5.74, 6) is -0.960. The largest absolute Gasteiger partial charge is 2.00 e. The van der Waals surface area contributed by atoms with Gasteiger partial charge in [0.25, 0.3) is 0 Å². The molecule has 787 valence electrons. The fourth-order valence-corrected chi connectivity index (χ4v) is 15.0. The van der Waals surface area contributed by atoms with Gasteiger partial charge in [-0.2, -0.15) is 52.5 Å². The van der Waals surface area contributed by atoms with Gasteiger partial charge in [-0.15, -0.1) is 0 Å². The topological polar surface area (TPSA) is 357 Å². The Hall–Kier alpha value is -9.83. The van der Waals surface area contributed by atoms with Crippen LogP contribution in [0.3, 0.4) is 0 Å². The molecule has 2 aromatic carbocycles. The number of hydrogen-bond donors (Lipinski definition) is 4. The number of aromatic nitrogens is 14. The van der Waals surface area contributed by atoms with Crippen LogP contribution in [0.1, 0.15) is 196 Å². The van der Waals surface area contributed by atoms with Crippen LogP contribution < -0.4 is 34.2 Å². The molecule has 1 saturated heterocycles. The second kappa shape index (κ2) is 53.5. The fourth-order valence-electron chi connectivity index (χ4n) is 13.9. The van der Waals surface area contributed by atoms with Gasteiger partial charge in [-0.1, -0.05) is 34.8 Å². The molecule has 0 bridgehead atoms. The number of aryl methyl sites for hydroxylation is 3. The van der Waals surface area contributed by atoms with Crippen LogP contribution in [0.25, 0.3) is 33.8 Å². The van der Waals surface area contributed by atoms with Crippen LogP contribution in [-0.4, -0.2) is 234 Å².